The lowest BCUT2D eigenvalue weighted by atomic mass is 10.0. The van der Waals surface area contributed by atoms with E-state index < -0.39 is 0 Å². The zero-order valence-corrected chi connectivity index (χ0v) is 16.4. The second-order valence-corrected chi connectivity index (χ2v) is 7.37. The summed E-state index contributed by atoms with van der Waals surface area (Å²) in [6.45, 7) is 0.656. The number of nitrogens with zero attached hydrogens (tertiary/aromatic N) is 1. The van der Waals surface area contributed by atoms with Gasteiger partial charge in [-0.15, -0.1) is 0 Å². The van der Waals surface area contributed by atoms with Crippen molar-refractivity contribution < 1.29 is 4.79 Å². The Balaban J connectivity index is 1.29. The van der Waals surface area contributed by atoms with E-state index in [9.17, 15) is 4.79 Å². The number of nitrogens with one attached hydrogen (secondary N) is 2. The lowest BCUT2D eigenvalue weighted by Crippen LogP contribution is -2.14. The van der Waals surface area contributed by atoms with Crippen molar-refractivity contribution in [2.45, 2.75) is 13.0 Å². The van der Waals surface area contributed by atoms with E-state index in [1.807, 2.05) is 66.7 Å². The van der Waals surface area contributed by atoms with Crippen LogP contribution < -0.4 is 10.6 Å². The minimum absolute atomic E-state index is 0.0751. The number of carbonyl (C=O) groups excluding carboxylic acids is 1. The number of rotatable bonds is 5. The maximum atomic E-state index is 13.0. The van der Waals surface area contributed by atoms with Crippen molar-refractivity contribution in [2.24, 2.45) is 0 Å². The van der Waals surface area contributed by atoms with Crippen molar-refractivity contribution in [1.82, 2.24) is 4.98 Å². The maximum Gasteiger partial charge on any atom is 0.255 e. The molecule has 0 radical (unpaired) electrons. The molecule has 0 spiro atoms. The fourth-order valence-corrected chi connectivity index (χ4v) is 3.94. The van der Waals surface area contributed by atoms with Crippen LogP contribution in [0.3, 0.4) is 0 Å². The molecule has 1 aromatic heterocycles. The molecule has 4 heteroatoms. The van der Waals surface area contributed by atoms with Crippen LogP contribution in [0.15, 0.2) is 91.1 Å². The third-order valence-corrected chi connectivity index (χ3v) is 5.44. The highest BCUT2D eigenvalue weighted by Gasteiger charge is 2.23. The summed E-state index contributed by atoms with van der Waals surface area (Å²) in [6, 6.07) is 27.9. The molecule has 1 heterocycles. The summed E-state index contributed by atoms with van der Waals surface area (Å²) in [5, 5.41) is 6.38. The molecule has 0 saturated heterocycles. The number of benzene rings is 3. The summed E-state index contributed by atoms with van der Waals surface area (Å²) in [7, 11) is 0. The minimum atomic E-state index is -0.0751. The summed E-state index contributed by atoms with van der Waals surface area (Å²) >= 11 is 0. The topological polar surface area (TPSA) is 54.0 Å². The fraction of sp³-hybridized carbons (Fsp3) is 0.0769. The number of carbonyl (C=O) groups is 1. The third kappa shape index (κ3) is 3.55. The van der Waals surface area contributed by atoms with Crippen LogP contribution >= 0.6 is 0 Å². The first-order chi connectivity index (χ1) is 14.8. The van der Waals surface area contributed by atoms with Gasteiger partial charge in [-0.05, 0) is 71.1 Å². The van der Waals surface area contributed by atoms with Crippen molar-refractivity contribution >= 4 is 17.3 Å². The van der Waals surface area contributed by atoms with Gasteiger partial charge in [0.25, 0.3) is 5.91 Å². The SMILES string of the molecule is O=C(Nc1ccc(NCc2ccccn2)cc1)c1cccc2c1Cc1ccccc1-2. The first-order valence-electron chi connectivity index (χ1n) is 10.0. The highest BCUT2D eigenvalue weighted by molar-refractivity contribution is 6.07. The quantitative estimate of drug-likeness (QED) is 0.415. The molecule has 30 heavy (non-hydrogen) atoms. The van der Waals surface area contributed by atoms with Gasteiger partial charge in [0, 0.05) is 23.1 Å². The fourth-order valence-electron chi connectivity index (χ4n) is 3.94. The van der Waals surface area contributed by atoms with Gasteiger partial charge in [-0.3, -0.25) is 9.78 Å². The zero-order valence-electron chi connectivity index (χ0n) is 16.4. The molecule has 5 rings (SSSR count). The van der Waals surface area contributed by atoms with Gasteiger partial charge in [0.05, 0.1) is 12.2 Å². The van der Waals surface area contributed by atoms with E-state index in [4.69, 9.17) is 0 Å². The number of pyridine rings is 1. The first kappa shape index (κ1) is 18.1. The number of hydrogen-bond acceptors (Lipinski definition) is 3. The standard InChI is InChI=1S/C26H21N3O/c30-26(24-10-5-9-23-22-8-2-1-6-18(22)16-25(23)24)29-20-13-11-19(12-14-20)28-17-21-7-3-4-15-27-21/h1-15,28H,16-17H2,(H,29,30). The van der Waals surface area contributed by atoms with Crippen LogP contribution in [0.25, 0.3) is 11.1 Å². The Morgan fingerprint density at radius 1 is 0.800 bits per heavy atom. The average molecular weight is 391 g/mol. The van der Waals surface area contributed by atoms with Gasteiger partial charge in [-0.1, -0.05) is 42.5 Å². The molecule has 0 aliphatic heterocycles. The highest BCUT2D eigenvalue weighted by atomic mass is 16.1. The predicted molar refractivity (Wildman–Crippen MR) is 121 cm³/mol. The molecule has 3 aromatic carbocycles. The van der Waals surface area contributed by atoms with E-state index in [0.717, 1.165) is 40.2 Å². The number of anilines is 2. The molecule has 146 valence electrons. The molecule has 0 saturated carbocycles. The third-order valence-electron chi connectivity index (χ3n) is 5.44. The van der Waals surface area contributed by atoms with E-state index in [0.29, 0.717) is 6.54 Å². The molecule has 0 unspecified atom stereocenters. The second-order valence-electron chi connectivity index (χ2n) is 7.37. The Labute approximate surface area is 175 Å². The number of aromatic nitrogens is 1. The lowest BCUT2D eigenvalue weighted by Gasteiger charge is -2.11. The Bertz CT molecular complexity index is 1200. The van der Waals surface area contributed by atoms with Crippen LogP contribution in [0.5, 0.6) is 0 Å². The van der Waals surface area contributed by atoms with Crippen LogP contribution in [0.1, 0.15) is 27.2 Å². The predicted octanol–water partition coefficient (Wildman–Crippen LogP) is 5.52. The van der Waals surface area contributed by atoms with Gasteiger partial charge in [0.1, 0.15) is 0 Å². The summed E-state index contributed by atoms with van der Waals surface area (Å²) < 4.78 is 0. The van der Waals surface area contributed by atoms with E-state index in [1.54, 1.807) is 6.20 Å². The number of fused-ring (bicyclic) bond motifs is 3. The van der Waals surface area contributed by atoms with Crippen molar-refractivity contribution in [3.8, 4) is 11.1 Å². The molecular weight excluding hydrogens is 370 g/mol. The molecule has 0 bridgehead atoms. The van der Waals surface area contributed by atoms with Gasteiger partial charge in [0.15, 0.2) is 0 Å². The Morgan fingerprint density at radius 3 is 2.40 bits per heavy atom. The van der Waals surface area contributed by atoms with Crippen LogP contribution in [0.2, 0.25) is 0 Å². The van der Waals surface area contributed by atoms with E-state index in [1.165, 1.54) is 11.1 Å². The smallest absolute Gasteiger partial charge is 0.255 e. The van der Waals surface area contributed by atoms with E-state index in [-0.39, 0.29) is 5.91 Å². The van der Waals surface area contributed by atoms with E-state index in [2.05, 4.69) is 33.8 Å². The molecule has 2 N–H and O–H groups in total. The molecular formula is C26H21N3O. The largest absolute Gasteiger partial charge is 0.379 e. The molecule has 1 aliphatic carbocycles. The van der Waals surface area contributed by atoms with Crippen LogP contribution in [0.4, 0.5) is 11.4 Å². The zero-order chi connectivity index (χ0) is 20.3. The molecule has 1 aliphatic rings. The summed E-state index contributed by atoms with van der Waals surface area (Å²) in [5.41, 5.74) is 8.24. The van der Waals surface area contributed by atoms with E-state index >= 15 is 0 Å². The lowest BCUT2D eigenvalue weighted by molar-refractivity contribution is 0.102. The molecule has 4 nitrogen and oxygen atoms in total. The summed E-state index contributed by atoms with van der Waals surface area (Å²) in [4.78, 5) is 17.3. The van der Waals surface area contributed by atoms with Crippen LogP contribution in [-0.2, 0) is 13.0 Å². The summed E-state index contributed by atoms with van der Waals surface area (Å²) in [5.74, 6) is -0.0751. The number of amides is 1. The Kier molecular flexibility index (Phi) is 4.74. The van der Waals surface area contributed by atoms with Gasteiger partial charge < -0.3 is 10.6 Å². The average Bonchev–Trinajstić information content (AvgIpc) is 3.18. The van der Waals surface area contributed by atoms with Crippen molar-refractivity contribution in [3.63, 3.8) is 0 Å². The minimum Gasteiger partial charge on any atom is -0.379 e. The Morgan fingerprint density at radius 2 is 1.57 bits per heavy atom. The Hall–Kier alpha value is -3.92. The highest BCUT2D eigenvalue weighted by Crippen LogP contribution is 2.38. The maximum absolute atomic E-state index is 13.0. The molecule has 4 aromatic rings. The molecule has 0 fully saturated rings. The molecule has 1 amide bonds. The monoisotopic (exact) mass is 391 g/mol. The second kappa shape index (κ2) is 7.84. The van der Waals surface area contributed by atoms with Gasteiger partial charge in [0.2, 0.25) is 0 Å². The number of hydrogen-bond donors (Lipinski definition) is 2. The summed E-state index contributed by atoms with van der Waals surface area (Å²) in [6.07, 6.45) is 2.58. The van der Waals surface area contributed by atoms with Gasteiger partial charge >= 0.3 is 0 Å². The normalized spacial score (nSPS) is 11.5. The first-order valence-corrected chi connectivity index (χ1v) is 10.0. The van der Waals surface area contributed by atoms with Crippen molar-refractivity contribution in [2.75, 3.05) is 10.6 Å². The van der Waals surface area contributed by atoms with Crippen molar-refractivity contribution in [3.05, 3.63) is 114 Å². The van der Waals surface area contributed by atoms with Crippen molar-refractivity contribution in [1.29, 1.82) is 0 Å². The van der Waals surface area contributed by atoms with Crippen LogP contribution in [0, 0.1) is 0 Å². The van der Waals surface area contributed by atoms with Gasteiger partial charge in [-0.2, -0.15) is 0 Å². The van der Waals surface area contributed by atoms with Gasteiger partial charge in [-0.25, -0.2) is 0 Å². The van der Waals surface area contributed by atoms with Crippen LogP contribution in [-0.4, -0.2) is 10.9 Å². The molecule has 0 atom stereocenters.